The molecule has 108 valence electrons. The fourth-order valence-corrected chi connectivity index (χ4v) is 2.90. The molecule has 0 radical (unpaired) electrons. The lowest BCUT2D eigenvalue weighted by molar-refractivity contribution is 0.687. The number of nitrogens with one attached hydrogen (secondary N) is 1. The van der Waals surface area contributed by atoms with Gasteiger partial charge in [-0.15, -0.1) is 11.3 Å². The molecular weight excluding hydrogens is 280 g/mol. The van der Waals surface area contributed by atoms with E-state index >= 15 is 0 Å². The average molecular weight is 298 g/mol. The lowest BCUT2D eigenvalue weighted by Gasteiger charge is -2.13. The van der Waals surface area contributed by atoms with E-state index in [9.17, 15) is 0 Å². The summed E-state index contributed by atoms with van der Waals surface area (Å²) in [5.74, 6) is 0. The third-order valence-corrected chi connectivity index (χ3v) is 4.11. The predicted octanol–water partition coefficient (Wildman–Crippen LogP) is 3.87. The van der Waals surface area contributed by atoms with Crippen molar-refractivity contribution < 1.29 is 0 Å². The molecule has 0 fully saturated rings. The van der Waals surface area contributed by atoms with E-state index in [0.717, 1.165) is 22.9 Å². The molecule has 0 saturated heterocycles. The first-order chi connectivity index (χ1) is 10.2. The predicted molar refractivity (Wildman–Crippen MR) is 86.7 cm³/mol. The van der Waals surface area contributed by atoms with E-state index < -0.39 is 0 Å². The van der Waals surface area contributed by atoms with Crippen LogP contribution in [0.25, 0.3) is 0 Å². The van der Waals surface area contributed by atoms with Gasteiger partial charge in [0.25, 0.3) is 0 Å². The van der Waals surface area contributed by atoms with E-state index in [2.05, 4.69) is 52.0 Å². The van der Waals surface area contributed by atoms with E-state index in [1.54, 1.807) is 17.5 Å². The van der Waals surface area contributed by atoms with Gasteiger partial charge in [0, 0.05) is 23.5 Å². The summed E-state index contributed by atoms with van der Waals surface area (Å²) in [7, 11) is 0. The Balaban J connectivity index is 1.64. The fraction of sp³-hybridized carbons (Fsp3) is 0.250. The van der Waals surface area contributed by atoms with Crippen molar-refractivity contribution >= 4 is 17.0 Å². The van der Waals surface area contributed by atoms with Gasteiger partial charge in [-0.3, -0.25) is 4.68 Å². The summed E-state index contributed by atoms with van der Waals surface area (Å²) >= 11 is 1.69. The normalized spacial score (nSPS) is 12.3. The molecule has 0 aliphatic heterocycles. The SMILES string of the molecule is Cc1nc(C(C)Nc2ccc(Cn3cccn3)cc2)cs1. The topological polar surface area (TPSA) is 42.7 Å². The first-order valence-electron chi connectivity index (χ1n) is 6.95. The number of hydrogen-bond donors (Lipinski definition) is 1. The van der Waals surface area contributed by atoms with Crippen molar-refractivity contribution in [3.63, 3.8) is 0 Å². The Bertz CT molecular complexity index is 685. The number of benzene rings is 1. The Labute approximate surface area is 128 Å². The van der Waals surface area contributed by atoms with Crippen molar-refractivity contribution in [1.29, 1.82) is 0 Å². The second-order valence-electron chi connectivity index (χ2n) is 5.06. The molecule has 1 aromatic carbocycles. The molecule has 21 heavy (non-hydrogen) atoms. The Kier molecular flexibility index (Phi) is 4.01. The van der Waals surface area contributed by atoms with E-state index in [0.29, 0.717) is 0 Å². The minimum Gasteiger partial charge on any atom is -0.377 e. The monoisotopic (exact) mass is 298 g/mol. The molecule has 0 aliphatic rings. The van der Waals surface area contributed by atoms with Crippen molar-refractivity contribution in [3.8, 4) is 0 Å². The summed E-state index contributed by atoms with van der Waals surface area (Å²) in [6, 6.07) is 10.6. The van der Waals surface area contributed by atoms with Crippen molar-refractivity contribution in [1.82, 2.24) is 14.8 Å². The van der Waals surface area contributed by atoms with Crippen LogP contribution in [0.2, 0.25) is 0 Å². The highest BCUT2D eigenvalue weighted by molar-refractivity contribution is 7.09. The van der Waals surface area contributed by atoms with Crippen LogP contribution in [-0.4, -0.2) is 14.8 Å². The third kappa shape index (κ3) is 3.49. The second kappa shape index (κ2) is 6.10. The number of thiazole rings is 1. The molecule has 1 atom stereocenters. The number of nitrogens with zero attached hydrogens (tertiary/aromatic N) is 3. The van der Waals surface area contributed by atoms with Gasteiger partial charge in [0.1, 0.15) is 0 Å². The highest BCUT2D eigenvalue weighted by Gasteiger charge is 2.08. The average Bonchev–Trinajstić information content (AvgIpc) is 3.12. The number of hydrogen-bond acceptors (Lipinski definition) is 4. The third-order valence-electron chi connectivity index (χ3n) is 3.32. The van der Waals surface area contributed by atoms with Crippen molar-refractivity contribution in [2.45, 2.75) is 26.4 Å². The summed E-state index contributed by atoms with van der Waals surface area (Å²) < 4.78 is 1.92. The molecule has 3 aromatic rings. The van der Waals surface area contributed by atoms with Crippen molar-refractivity contribution in [2.75, 3.05) is 5.32 Å². The van der Waals surface area contributed by atoms with Crippen LogP contribution in [0, 0.1) is 6.92 Å². The van der Waals surface area contributed by atoms with Crippen LogP contribution in [0.5, 0.6) is 0 Å². The molecule has 1 N–H and O–H groups in total. The van der Waals surface area contributed by atoms with E-state index in [1.807, 2.05) is 23.9 Å². The lowest BCUT2D eigenvalue weighted by atomic mass is 10.2. The molecule has 4 nitrogen and oxygen atoms in total. The Morgan fingerprint density at radius 2 is 2.10 bits per heavy atom. The molecule has 0 saturated carbocycles. The maximum absolute atomic E-state index is 4.52. The zero-order valence-corrected chi connectivity index (χ0v) is 13.0. The second-order valence-corrected chi connectivity index (χ2v) is 6.12. The Morgan fingerprint density at radius 3 is 2.71 bits per heavy atom. The molecular formula is C16H18N4S. The molecule has 5 heteroatoms. The summed E-state index contributed by atoms with van der Waals surface area (Å²) in [5, 5.41) is 10.9. The summed E-state index contributed by atoms with van der Waals surface area (Å²) in [5.41, 5.74) is 3.44. The summed E-state index contributed by atoms with van der Waals surface area (Å²) in [6.07, 6.45) is 3.77. The molecule has 0 bridgehead atoms. The van der Waals surface area contributed by atoms with Crippen LogP contribution in [0.3, 0.4) is 0 Å². The van der Waals surface area contributed by atoms with Crippen molar-refractivity contribution in [3.05, 3.63) is 64.4 Å². The van der Waals surface area contributed by atoms with Crippen LogP contribution in [0.15, 0.2) is 48.1 Å². The first-order valence-corrected chi connectivity index (χ1v) is 7.83. The van der Waals surface area contributed by atoms with Gasteiger partial charge in [-0.1, -0.05) is 12.1 Å². The summed E-state index contributed by atoms with van der Waals surface area (Å²) in [6.45, 7) is 4.96. The number of aryl methyl sites for hydroxylation is 1. The highest BCUT2D eigenvalue weighted by atomic mass is 32.1. The van der Waals surface area contributed by atoms with Crippen molar-refractivity contribution in [2.24, 2.45) is 0 Å². The molecule has 1 unspecified atom stereocenters. The lowest BCUT2D eigenvalue weighted by Crippen LogP contribution is -2.07. The maximum atomic E-state index is 4.52. The van der Waals surface area contributed by atoms with Gasteiger partial charge in [0.2, 0.25) is 0 Å². The molecule has 2 heterocycles. The highest BCUT2D eigenvalue weighted by Crippen LogP contribution is 2.21. The first kappa shape index (κ1) is 13.8. The Morgan fingerprint density at radius 1 is 1.29 bits per heavy atom. The molecule has 2 aromatic heterocycles. The van der Waals surface area contributed by atoms with E-state index in [-0.39, 0.29) is 6.04 Å². The minimum absolute atomic E-state index is 0.215. The van der Waals surface area contributed by atoms with Gasteiger partial charge in [-0.25, -0.2) is 4.98 Å². The Hall–Kier alpha value is -2.14. The van der Waals surface area contributed by atoms with Crippen LogP contribution in [0.4, 0.5) is 5.69 Å². The van der Waals surface area contributed by atoms with Crippen LogP contribution >= 0.6 is 11.3 Å². The number of rotatable bonds is 5. The van der Waals surface area contributed by atoms with Gasteiger partial charge < -0.3 is 5.32 Å². The molecule has 0 amide bonds. The minimum atomic E-state index is 0.215. The standard InChI is InChI=1S/C16H18N4S/c1-12(16-11-21-13(2)19-16)18-15-6-4-14(5-7-15)10-20-9-3-8-17-20/h3-9,11-12,18H,10H2,1-2H3. The van der Waals surface area contributed by atoms with Gasteiger partial charge in [0.05, 0.1) is 23.3 Å². The molecule has 0 spiro atoms. The fourth-order valence-electron chi connectivity index (χ4n) is 2.19. The zero-order chi connectivity index (χ0) is 14.7. The van der Waals surface area contributed by atoms with E-state index in [1.165, 1.54) is 5.56 Å². The summed E-state index contributed by atoms with van der Waals surface area (Å²) in [4.78, 5) is 4.52. The molecule has 3 rings (SSSR count). The van der Waals surface area contributed by atoms with Gasteiger partial charge in [0.15, 0.2) is 0 Å². The van der Waals surface area contributed by atoms with E-state index in [4.69, 9.17) is 0 Å². The quantitative estimate of drug-likeness (QED) is 0.777. The molecule has 0 aliphatic carbocycles. The zero-order valence-electron chi connectivity index (χ0n) is 12.2. The number of aromatic nitrogens is 3. The van der Waals surface area contributed by atoms with Gasteiger partial charge in [-0.2, -0.15) is 5.10 Å². The smallest absolute Gasteiger partial charge is 0.0898 e. The van der Waals surface area contributed by atoms with Gasteiger partial charge in [-0.05, 0) is 37.6 Å². The maximum Gasteiger partial charge on any atom is 0.0898 e. The van der Waals surface area contributed by atoms with Crippen LogP contribution in [-0.2, 0) is 6.54 Å². The van der Waals surface area contributed by atoms with Crippen LogP contribution < -0.4 is 5.32 Å². The van der Waals surface area contributed by atoms with Crippen LogP contribution in [0.1, 0.15) is 29.2 Å². The van der Waals surface area contributed by atoms with Gasteiger partial charge >= 0.3 is 0 Å². The largest absolute Gasteiger partial charge is 0.377 e. The number of anilines is 1.